The molecule has 3 aromatic rings. The molecule has 1 aromatic heterocycles. The molecule has 1 atom stereocenters. The third-order valence-corrected chi connectivity index (χ3v) is 5.93. The second-order valence-corrected chi connectivity index (χ2v) is 7.68. The average molecular weight is 408 g/mol. The number of amides is 1. The molecule has 1 fully saturated rings. The minimum absolute atomic E-state index is 0.0307. The van der Waals surface area contributed by atoms with Gasteiger partial charge in [-0.3, -0.25) is 9.36 Å². The summed E-state index contributed by atoms with van der Waals surface area (Å²) in [4.78, 5) is 19.7. The van der Waals surface area contributed by atoms with E-state index in [-0.39, 0.29) is 11.9 Å². The van der Waals surface area contributed by atoms with Crippen molar-refractivity contribution in [2.75, 3.05) is 6.54 Å². The highest BCUT2D eigenvalue weighted by Crippen LogP contribution is 2.41. The van der Waals surface area contributed by atoms with Crippen molar-refractivity contribution in [2.24, 2.45) is 0 Å². The molecular weight excluding hydrogens is 393 g/mol. The monoisotopic (exact) mass is 407 g/mol. The van der Waals surface area contributed by atoms with Crippen molar-refractivity contribution < 1.29 is 4.79 Å². The van der Waals surface area contributed by atoms with Gasteiger partial charge in [-0.25, -0.2) is 4.98 Å². The number of carbonyl (C=O) groups excluding carboxylic acids is 1. The molecule has 3 heterocycles. The summed E-state index contributed by atoms with van der Waals surface area (Å²) in [6.45, 7) is 0.705. The molecule has 0 spiro atoms. The fraction of sp³-hybridized carbons (Fsp3) is 0.182. The van der Waals surface area contributed by atoms with Gasteiger partial charge in [0.2, 0.25) is 0 Å². The minimum atomic E-state index is -0.0611. The molecule has 0 unspecified atom stereocenters. The molecule has 1 saturated heterocycles. The van der Waals surface area contributed by atoms with E-state index in [1.165, 1.54) is 0 Å². The first-order valence-corrected chi connectivity index (χ1v) is 9.84. The normalized spacial score (nSPS) is 17.3. The lowest BCUT2D eigenvalue weighted by Crippen LogP contribution is -2.30. The second-order valence-electron chi connectivity index (χ2n) is 6.87. The lowest BCUT2D eigenvalue weighted by Gasteiger charge is -2.22. The number of imidazole rings is 1. The molecule has 2 aromatic carbocycles. The first kappa shape index (κ1) is 17.4. The highest BCUT2D eigenvalue weighted by Gasteiger charge is 2.39. The number of nitrogens with zero attached hydrogens (tertiary/aromatic N) is 3. The van der Waals surface area contributed by atoms with Crippen LogP contribution in [-0.4, -0.2) is 26.9 Å². The van der Waals surface area contributed by atoms with Gasteiger partial charge in [0, 0.05) is 12.1 Å². The van der Waals surface area contributed by atoms with Gasteiger partial charge in [-0.1, -0.05) is 47.3 Å². The molecule has 4 nitrogen and oxygen atoms in total. The Morgan fingerprint density at radius 3 is 2.71 bits per heavy atom. The zero-order chi connectivity index (χ0) is 19.3. The van der Waals surface area contributed by atoms with Gasteiger partial charge in [0.05, 0.1) is 33.0 Å². The van der Waals surface area contributed by atoms with Crippen LogP contribution >= 0.6 is 23.2 Å². The summed E-state index contributed by atoms with van der Waals surface area (Å²) >= 11 is 12.6. The van der Waals surface area contributed by atoms with E-state index >= 15 is 0 Å². The molecule has 0 bridgehead atoms. The minimum Gasteiger partial charge on any atom is -0.330 e. The van der Waals surface area contributed by atoms with Gasteiger partial charge in [-0.2, -0.15) is 0 Å². The number of aromatic nitrogens is 2. The van der Waals surface area contributed by atoms with Crippen LogP contribution in [0.2, 0.25) is 10.0 Å². The highest BCUT2D eigenvalue weighted by atomic mass is 35.5. The summed E-state index contributed by atoms with van der Waals surface area (Å²) in [7, 11) is 0. The smallest absolute Gasteiger partial charge is 0.258 e. The number of hydrogen-bond donors (Lipinski definition) is 0. The van der Waals surface area contributed by atoms with Crippen molar-refractivity contribution >= 4 is 29.1 Å². The van der Waals surface area contributed by atoms with E-state index in [1.807, 2.05) is 45.9 Å². The van der Waals surface area contributed by atoms with Crippen molar-refractivity contribution in [1.82, 2.24) is 14.5 Å². The van der Waals surface area contributed by atoms with Gasteiger partial charge in [-0.05, 0) is 43.0 Å². The first-order valence-electron chi connectivity index (χ1n) is 9.09. The quantitative estimate of drug-likeness (QED) is 0.498. The third kappa shape index (κ3) is 2.63. The van der Waals surface area contributed by atoms with E-state index in [2.05, 4.69) is 16.8 Å². The number of rotatable bonds is 0. The van der Waals surface area contributed by atoms with Crippen LogP contribution in [0.15, 0.2) is 48.8 Å². The number of hydrogen-bond acceptors (Lipinski definition) is 2. The van der Waals surface area contributed by atoms with Crippen LogP contribution in [0.25, 0.3) is 5.69 Å². The summed E-state index contributed by atoms with van der Waals surface area (Å²) in [5, 5.41) is 1.06. The van der Waals surface area contributed by atoms with E-state index in [4.69, 9.17) is 23.2 Å². The predicted octanol–water partition coefficient (Wildman–Crippen LogP) is 4.87. The largest absolute Gasteiger partial charge is 0.330 e. The molecular formula is C22H15Cl2N3O. The molecule has 6 heteroatoms. The number of benzene rings is 2. The zero-order valence-electron chi connectivity index (χ0n) is 14.8. The van der Waals surface area contributed by atoms with Gasteiger partial charge in [0.15, 0.2) is 0 Å². The molecule has 0 N–H and O–H groups in total. The van der Waals surface area contributed by atoms with E-state index < -0.39 is 0 Å². The van der Waals surface area contributed by atoms with E-state index in [9.17, 15) is 4.79 Å². The Morgan fingerprint density at radius 2 is 1.86 bits per heavy atom. The van der Waals surface area contributed by atoms with E-state index in [1.54, 1.807) is 12.4 Å². The Morgan fingerprint density at radius 1 is 1.04 bits per heavy atom. The summed E-state index contributed by atoms with van der Waals surface area (Å²) < 4.78 is 1.96. The van der Waals surface area contributed by atoms with Crippen molar-refractivity contribution in [3.63, 3.8) is 0 Å². The van der Waals surface area contributed by atoms with Crippen LogP contribution in [0, 0.1) is 11.8 Å². The summed E-state index contributed by atoms with van der Waals surface area (Å²) in [5.74, 6) is 6.27. The summed E-state index contributed by atoms with van der Waals surface area (Å²) in [6.07, 6.45) is 3.55. The molecule has 0 aliphatic carbocycles. The molecule has 28 heavy (non-hydrogen) atoms. The molecule has 1 amide bonds. The lowest BCUT2D eigenvalue weighted by atomic mass is 10.1. The lowest BCUT2D eigenvalue weighted by molar-refractivity contribution is 0.0738. The first-order chi connectivity index (χ1) is 13.6. The van der Waals surface area contributed by atoms with Gasteiger partial charge in [0.1, 0.15) is 12.0 Å². The van der Waals surface area contributed by atoms with Crippen molar-refractivity contribution in [3.8, 4) is 17.5 Å². The Labute approximate surface area is 172 Å². The summed E-state index contributed by atoms with van der Waals surface area (Å²) in [5.41, 5.74) is 3.63. The zero-order valence-corrected chi connectivity index (χ0v) is 16.3. The molecule has 2 aliphatic rings. The van der Waals surface area contributed by atoms with Gasteiger partial charge >= 0.3 is 0 Å². The Kier molecular flexibility index (Phi) is 4.16. The third-order valence-electron chi connectivity index (χ3n) is 5.29. The van der Waals surface area contributed by atoms with E-state index in [0.717, 1.165) is 29.8 Å². The van der Waals surface area contributed by atoms with Crippen molar-refractivity contribution in [3.05, 3.63) is 81.4 Å². The van der Waals surface area contributed by atoms with Crippen LogP contribution in [0.5, 0.6) is 0 Å². The van der Waals surface area contributed by atoms with Crippen molar-refractivity contribution in [2.45, 2.75) is 18.9 Å². The maximum absolute atomic E-state index is 13.2. The standard InChI is InChI=1S/C22H15Cl2N3O/c23-15-6-2-1-5-14(15)10-11-17-21-19-9-4-12-26(19)22(28)20-16(24)7-3-8-18(20)27(21)13-25-17/h1-3,5-8,13,19H,4,9,12H2/t19-/m0/s1. The van der Waals surface area contributed by atoms with Gasteiger partial charge in [-0.15, -0.1) is 0 Å². The Bertz CT molecular complexity index is 1170. The van der Waals surface area contributed by atoms with Crippen LogP contribution in [0.1, 0.15) is 46.2 Å². The fourth-order valence-electron chi connectivity index (χ4n) is 4.02. The summed E-state index contributed by atoms with van der Waals surface area (Å²) in [6, 6.07) is 12.9. The number of halogens is 2. The van der Waals surface area contributed by atoms with E-state index in [0.29, 0.717) is 27.8 Å². The second kappa shape index (κ2) is 6.70. The predicted molar refractivity (Wildman–Crippen MR) is 109 cm³/mol. The van der Waals surface area contributed by atoms with Gasteiger partial charge < -0.3 is 4.90 Å². The molecule has 0 saturated carbocycles. The molecule has 2 aliphatic heterocycles. The molecule has 5 rings (SSSR count). The Balaban J connectivity index is 1.71. The van der Waals surface area contributed by atoms with Crippen LogP contribution < -0.4 is 0 Å². The topological polar surface area (TPSA) is 38.1 Å². The highest BCUT2D eigenvalue weighted by molar-refractivity contribution is 6.34. The molecule has 138 valence electrons. The Hall–Kier alpha value is -2.74. The van der Waals surface area contributed by atoms with Crippen LogP contribution in [0.3, 0.4) is 0 Å². The SMILES string of the molecule is O=C1c2c(Cl)cccc2-n2cnc(C#Cc3ccccc3Cl)c2[C@@H]2CCCN12. The fourth-order valence-corrected chi connectivity index (χ4v) is 4.45. The van der Waals surface area contributed by atoms with Gasteiger partial charge in [0.25, 0.3) is 5.91 Å². The number of carbonyl (C=O) groups is 1. The van der Waals surface area contributed by atoms with Crippen LogP contribution in [-0.2, 0) is 0 Å². The maximum atomic E-state index is 13.2. The molecule has 0 radical (unpaired) electrons. The average Bonchev–Trinajstić information content (AvgIpc) is 3.31. The maximum Gasteiger partial charge on any atom is 0.258 e. The number of fused-ring (bicyclic) bond motifs is 5. The van der Waals surface area contributed by atoms with Crippen LogP contribution in [0.4, 0.5) is 0 Å². The van der Waals surface area contributed by atoms with Crippen molar-refractivity contribution in [1.29, 1.82) is 0 Å².